The quantitative estimate of drug-likeness (QED) is 0.140. The summed E-state index contributed by atoms with van der Waals surface area (Å²) in [6.45, 7) is 46.4. The van der Waals surface area contributed by atoms with E-state index in [1.165, 1.54) is 134 Å². The molecule has 0 saturated carbocycles. The topological polar surface area (TPSA) is 9.23 Å². The maximum absolute atomic E-state index is 6.82. The van der Waals surface area contributed by atoms with Gasteiger partial charge in [-0.15, -0.1) is 0 Å². The SMILES string of the molecule is Cc1cc(C)c(-c2cc(-c3c(C)cc(C)cc3C)cc(C(C)C)c2)c(C)c1.Cc1cc(C)c(C(C)C)c(C)c1.Cc1cc(C)cc(Oc2c(-c3ccc(C)cc3C)cc(C(C)C)cc2-c2ccc(C)cc2C)c1. The van der Waals surface area contributed by atoms with Crippen LogP contribution in [0.4, 0.5) is 0 Å². The van der Waals surface area contributed by atoms with Crippen LogP contribution >= 0.6 is 0 Å². The lowest BCUT2D eigenvalue weighted by molar-refractivity contribution is 0.485. The summed E-state index contributed by atoms with van der Waals surface area (Å²) in [5.74, 6) is 3.36. The van der Waals surface area contributed by atoms with Gasteiger partial charge in [0.2, 0.25) is 0 Å². The Morgan fingerprint density at radius 1 is 0.274 bits per heavy atom. The number of hydrogen-bond acceptors (Lipinski definition) is 1. The molecule has 0 atom stereocenters. The molecule has 0 radical (unpaired) electrons. The summed E-state index contributed by atoms with van der Waals surface area (Å²) in [7, 11) is 0. The molecule has 0 heterocycles. The van der Waals surface area contributed by atoms with E-state index in [1.54, 1.807) is 0 Å². The molecule has 0 saturated heterocycles. The van der Waals surface area contributed by atoms with Gasteiger partial charge in [0.15, 0.2) is 0 Å². The molecule has 0 aliphatic heterocycles. The van der Waals surface area contributed by atoms with Crippen molar-refractivity contribution < 1.29 is 4.74 Å². The number of benzene rings is 8. The van der Waals surface area contributed by atoms with Crippen LogP contribution in [0, 0.1) is 104 Å². The molecule has 0 aromatic heterocycles. The van der Waals surface area contributed by atoms with Gasteiger partial charge in [0, 0.05) is 11.1 Å². The molecule has 1 heteroatoms. The van der Waals surface area contributed by atoms with E-state index in [0.29, 0.717) is 17.8 Å². The summed E-state index contributed by atoms with van der Waals surface area (Å²) in [4.78, 5) is 0. The van der Waals surface area contributed by atoms with Crippen molar-refractivity contribution in [1.82, 2.24) is 0 Å². The monoisotopic (exact) mass is 967 g/mol. The number of hydrogen-bond donors (Lipinski definition) is 0. The maximum Gasteiger partial charge on any atom is 0.143 e. The number of ether oxygens (including phenoxy) is 1. The lowest BCUT2D eigenvalue weighted by atomic mass is 9.86. The van der Waals surface area contributed by atoms with Gasteiger partial charge < -0.3 is 4.74 Å². The van der Waals surface area contributed by atoms with Crippen LogP contribution < -0.4 is 4.74 Å². The molecular weight excluding hydrogens is 881 g/mol. The summed E-state index contributed by atoms with van der Waals surface area (Å²) < 4.78 is 6.82. The second-order valence-corrected chi connectivity index (χ2v) is 22.7. The fourth-order valence-corrected chi connectivity index (χ4v) is 11.5. The Morgan fingerprint density at radius 3 is 0.945 bits per heavy atom. The van der Waals surface area contributed by atoms with E-state index in [4.69, 9.17) is 4.74 Å². The van der Waals surface area contributed by atoms with Crippen LogP contribution in [0.1, 0.15) is 159 Å². The van der Waals surface area contributed by atoms with Crippen LogP contribution in [0.15, 0.2) is 121 Å². The van der Waals surface area contributed by atoms with Crippen LogP contribution in [-0.2, 0) is 0 Å². The van der Waals surface area contributed by atoms with Crippen LogP contribution in [0.5, 0.6) is 11.5 Å². The zero-order valence-corrected chi connectivity index (χ0v) is 48.7. The van der Waals surface area contributed by atoms with Crippen molar-refractivity contribution in [1.29, 1.82) is 0 Å². The van der Waals surface area contributed by atoms with E-state index in [1.807, 2.05) is 0 Å². The zero-order valence-electron chi connectivity index (χ0n) is 48.7. The highest BCUT2D eigenvalue weighted by atomic mass is 16.5. The average Bonchev–Trinajstić information content (AvgIpc) is 3.25. The smallest absolute Gasteiger partial charge is 0.143 e. The molecule has 0 fully saturated rings. The van der Waals surface area contributed by atoms with Crippen LogP contribution in [0.2, 0.25) is 0 Å². The lowest BCUT2D eigenvalue weighted by Gasteiger charge is -2.22. The molecule has 8 aromatic rings. The minimum atomic E-state index is 0.407. The molecule has 0 aliphatic rings. The lowest BCUT2D eigenvalue weighted by Crippen LogP contribution is -1.99. The molecule has 0 spiro atoms. The molecule has 0 amide bonds. The molecular formula is C72H86O. The highest BCUT2D eigenvalue weighted by molar-refractivity contribution is 5.86. The Balaban J connectivity index is 0.000000198. The fraction of sp³-hybridized carbons (Fsp3) is 0.333. The van der Waals surface area contributed by atoms with Crippen molar-refractivity contribution in [2.45, 2.75) is 163 Å². The van der Waals surface area contributed by atoms with Crippen molar-refractivity contribution in [3.05, 3.63) is 221 Å². The third kappa shape index (κ3) is 13.6. The zero-order chi connectivity index (χ0) is 53.7. The Hall–Kier alpha value is -6.44. The van der Waals surface area contributed by atoms with Crippen molar-refractivity contribution in [3.63, 3.8) is 0 Å². The van der Waals surface area contributed by atoms with Gasteiger partial charge in [-0.3, -0.25) is 0 Å². The van der Waals surface area contributed by atoms with Crippen molar-refractivity contribution in [2.75, 3.05) is 0 Å². The van der Waals surface area contributed by atoms with Crippen LogP contribution in [-0.4, -0.2) is 0 Å². The Kier molecular flexibility index (Phi) is 18.1. The van der Waals surface area contributed by atoms with Gasteiger partial charge >= 0.3 is 0 Å². The number of aryl methyl sites for hydroxylation is 15. The highest BCUT2D eigenvalue weighted by Crippen LogP contribution is 2.46. The van der Waals surface area contributed by atoms with Crippen LogP contribution in [0.3, 0.4) is 0 Å². The first-order valence-corrected chi connectivity index (χ1v) is 26.8. The summed E-state index contributed by atoms with van der Waals surface area (Å²) >= 11 is 0. The molecule has 73 heavy (non-hydrogen) atoms. The maximum atomic E-state index is 6.82. The normalized spacial score (nSPS) is 11.2. The van der Waals surface area contributed by atoms with Gasteiger partial charge in [0.25, 0.3) is 0 Å². The fourth-order valence-electron chi connectivity index (χ4n) is 11.5. The van der Waals surface area contributed by atoms with Crippen LogP contribution in [0.25, 0.3) is 44.5 Å². The standard InChI is InChI=1S/C33H36O.C27H32.C12H18/c1-20(2)27-18-31(29-11-9-21(3)14-25(29)7)33(34-28-16-23(5)13-24(6)17-28)32(19-27)30-12-10-22(4)15-26(30)8;1-16(2)23-13-24(26-19(5)9-17(3)10-20(26)6)15-25(14-23)27-21(7)11-18(4)12-22(27)8;1-8(2)12-10(4)6-9(3)7-11(12)5/h9-20H,1-8H3;9-16H,1-8H3;6-8H,1-5H3. The van der Waals surface area contributed by atoms with Gasteiger partial charge in [-0.1, -0.05) is 160 Å². The van der Waals surface area contributed by atoms with E-state index in [0.717, 1.165) is 22.6 Å². The molecule has 380 valence electrons. The molecule has 8 aromatic carbocycles. The Morgan fingerprint density at radius 2 is 0.603 bits per heavy atom. The largest absolute Gasteiger partial charge is 0.456 e. The minimum absolute atomic E-state index is 0.407. The van der Waals surface area contributed by atoms with E-state index < -0.39 is 0 Å². The van der Waals surface area contributed by atoms with Gasteiger partial charge in [0.1, 0.15) is 11.5 Å². The molecule has 0 N–H and O–H groups in total. The van der Waals surface area contributed by atoms with E-state index in [2.05, 4.69) is 267 Å². The van der Waals surface area contributed by atoms with Gasteiger partial charge in [0.05, 0.1) is 0 Å². The third-order valence-electron chi connectivity index (χ3n) is 14.4. The Labute approximate surface area is 443 Å². The summed E-state index contributed by atoms with van der Waals surface area (Å²) in [5, 5.41) is 0. The highest BCUT2D eigenvalue weighted by Gasteiger charge is 2.21. The Bertz CT molecular complexity index is 3040. The molecule has 1 nitrogen and oxygen atoms in total. The van der Waals surface area contributed by atoms with Crippen molar-refractivity contribution in [3.8, 4) is 56.0 Å². The first-order chi connectivity index (χ1) is 34.3. The van der Waals surface area contributed by atoms with Crippen molar-refractivity contribution in [2.24, 2.45) is 0 Å². The van der Waals surface area contributed by atoms with E-state index in [9.17, 15) is 0 Å². The average molecular weight is 967 g/mol. The third-order valence-corrected chi connectivity index (χ3v) is 14.4. The first-order valence-electron chi connectivity index (χ1n) is 26.8. The second kappa shape index (κ2) is 23.6. The van der Waals surface area contributed by atoms with Gasteiger partial charge in [-0.05, 0) is 258 Å². The summed E-state index contributed by atoms with van der Waals surface area (Å²) in [5.41, 5.74) is 34.2. The predicted octanol–water partition coefficient (Wildman–Crippen LogP) is 21.5. The van der Waals surface area contributed by atoms with Gasteiger partial charge in [-0.25, -0.2) is 0 Å². The molecule has 0 aliphatic carbocycles. The van der Waals surface area contributed by atoms with Crippen molar-refractivity contribution >= 4 is 0 Å². The molecule has 0 bridgehead atoms. The van der Waals surface area contributed by atoms with Gasteiger partial charge in [-0.2, -0.15) is 0 Å². The molecule has 0 unspecified atom stereocenters. The summed E-state index contributed by atoms with van der Waals surface area (Å²) in [6.07, 6.45) is 0. The first kappa shape index (κ1) is 55.9. The predicted molar refractivity (Wildman–Crippen MR) is 321 cm³/mol. The minimum Gasteiger partial charge on any atom is -0.456 e. The second-order valence-electron chi connectivity index (χ2n) is 22.7. The van der Waals surface area contributed by atoms with E-state index >= 15 is 0 Å². The molecule has 8 rings (SSSR count). The summed E-state index contributed by atoms with van der Waals surface area (Å²) in [6, 6.07) is 45.4. The van der Waals surface area contributed by atoms with E-state index in [-0.39, 0.29) is 0 Å². The number of rotatable bonds is 9.